The van der Waals surface area contributed by atoms with Crippen molar-refractivity contribution < 1.29 is 9.30 Å². The Bertz CT molecular complexity index is 583. The van der Waals surface area contributed by atoms with Crippen molar-refractivity contribution in [3.05, 3.63) is 46.8 Å². The lowest BCUT2D eigenvalue weighted by atomic mass is 9.90. The largest absolute Gasteiger partial charge is 0.497 e. The predicted molar refractivity (Wildman–Crippen MR) is 78.6 cm³/mol. The Morgan fingerprint density at radius 3 is 1.63 bits per heavy atom. The van der Waals surface area contributed by atoms with E-state index in [0.29, 0.717) is 0 Å². The quantitative estimate of drug-likeness (QED) is 0.750. The van der Waals surface area contributed by atoms with Crippen molar-refractivity contribution in [2.75, 3.05) is 7.11 Å². The van der Waals surface area contributed by atoms with Crippen LogP contribution in [0.4, 0.5) is 0 Å². The van der Waals surface area contributed by atoms with Crippen molar-refractivity contribution in [2.45, 2.75) is 27.7 Å². The molecule has 1 heterocycles. The van der Waals surface area contributed by atoms with Gasteiger partial charge in [0.1, 0.15) is 12.8 Å². The summed E-state index contributed by atoms with van der Waals surface area (Å²) in [6.45, 7) is 8.64. The predicted octanol–water partition coefficient (Wildman–Crippen LogP) is 3.42. The molecule has 100 valence electrons. The lowest BCUT2D eigenvalue weighted by molar-refractivity contribution is -0.672. The highest BCUT2D eigenvalue weighted by atomic mass is 16.5. The standard InChI is InChI=1S/C17H22NO/c1-11-7-15(19-6)8-12(2)16(11)17-13(3)9-18(5)10-14(17)4/h7-10H,1-6H3/q+1. The third-order valence-corrected chi connectivity index (χ3v) is 3.58. The zero-order valence-corrected chi connectivity index (χ0v) is 12.7. The molecule has 0 saturated carbocycles. The van der Waals surface area contributed by atoms with Crippen molar-refractivity contribution in [3.63, 3.8) is 0 Å². The van der Waals surface area contributed by atoms with Gasteiger partial charge in [-0.2, -0.15) is 0 Å². The van der Waals surface area contributed by atoms with E-state index >= 15 is 0 Å². The molecule has 0 saturated heterocycles. The van der Waals surface area contributed by atoms with Crippen LogP contribution in [0.2, 0.25) is 0 Å². The Morgan fingerprint density at radius 2 is 1.21 bits per heavy atom. The number of pyridine rings is 1. The fourth-order valence-corrected chi connectivity index (χ4v) is 2.92. The Hall–Kier alpha value is -1.83. The minimum Gasteiger partial charge on any atom is -0.497 e. The van der Waals surface area contributed by atoms with Gasteiger partial charge in [0.2, 0.25) is 0 Å². The van der Waals surface area contributed by atoms with E-state index in [1.54, 1.807) is 7.11 Å². The van der Waals surface area contributed by atoms with E-state index < -0.39 is 0 Å². The Morgan fingerprint density at radius 1 is 0.789 bits per heavy atom. The van der Waals surface area contributed by atoms with E-state index in [-0.39, 0.29) is 0 Å². The molecule has 0 spiro atoms. The molecule has 0 bridgehead atoms. The molecule has 0 N–H and O–H groups in total. The summed E-state index contributed by atoms with van der Waals surface area (Å²) in [5, 5.41) is 0. The van der Waals surface area contributed by atoms with Crippen molar-refractivity contribution in [1.29, 1.82) is 0 Å². The molecule has 1 aromatic carbocycles. The molecule has 0 aliphatic rings. The van der Waals surface area contributed by atoms with Crippen LogP contribution in [0, 0.1) is 27.7 Å². The molecule has 0 fully saturated rings. The molecule has 2 heteroatoms. The molecule has 0 atom stereocenters. The lowest BCUT2D eigenvalue weighted by Crippen LogP contribution is -2.28. The smallest absolute Gasteiger partial charge is 0.172 e. The molecule has 2 aromatic rings. The molecule has 0 aliphatic heterocycles. The molecule has 0 unspecified atom stereocenters. The van der Waals surface area contributed by atoms with Crippen LogP contribution in [0.5, 0.6) is 5.75 Å². The number of methoxy groups -OCH3 is 1. The van der Waals surface area contributed by atoms with Crippen LogP contribution in [0.15, 0.2) is 24.5 Å². The molecular formula is C17H22NO+. The van der Waals surface area contributed by atoms with Crippen LogP contribution in [0.1, 0.15) is 22.3 Å². The van der Waals surface area contributed by atoms with Gasteiger partial charge in [0.15, 0.2) is 12.4 Å². The summed E-state index contributed by atoms with van der Waals surface area (Å²) >= 11 is 0. The topological polar surface area (TPSA) is 13.1 Å². The average molecular weight is 256 g/mol. The highest BCUT2D eigenvalue weighted by Crippen LogP contribution is 2.34. The number of aromatic nitrogens is 1. The fourth-order valence-electron chi connectivity index (χ4n) is 2.92. The number of nitrogens with zero attached hydrogens (tertiary/aromatic N) is 1. The van der Waals surface area contributed by atoms with Crippen LogP contribution in [0.3, 0.4) is 0 Å². The number of aryl methyl sites for hydroxylation is 5. The molecule has 1 aromatic heterocycles. The number of hydrogen-bond acceptors (Lipinski definition) is 1. The first kappa shape index (κ1) is 13.6. The number of rotatable bonds is 2. The summed E-state index contributed by atoms with van der Waals surface area (Å²) in [5.74, 6) is 0.926. The van der Waals surface area contributed by atoms with Gasteiger partial charge in [-0.15, -0.1) is 0 Å². The van der Waals surface area contributed by atoms with Crippen LogP contribution >= 0.6 is 0 Å². The lowest BCUT2D eigenvalue weighted by Gasteiger charge is -2.15. The first-order chi connectivity index (χ1) is 8.93. The summed E-state index contributed by atoms with van der Waals surface area (Å²) in [6.07, 6.45) is 4.34. The molecular weight excluding hydrogens is 234 g/mol. The number of ether oxygens (including phenoxy) is 1. The maximum atomic E-state index is 5.34. The van der Waals surface area contributed by atoms with Gasteiger partial charge in [-0.05, 0) is 62.1 Å². The second-order valence-corrected chi connectivity index (χ2v) is 5.30. The summed E-state index contributed by atoms with van der Waals surface area (Å²) in [7, 11) is 3.78. The second kappa shape index (κ2) is 5.04. The third kappa shape index (κ3) is 2.48. The van der Waals surface area contributed by atoms with E-state index in [2.05, 4.69) is 63.8 Å². The highest BCUT2D eigenvalue weighted by molar-refractivity contribution is 5.76. The van der Waals surface area contributed by atoms with Gasteiger partial charge in [0, 0.05) is 11.1 Å². The summed E-state index contributed by atoms with van der Waals surface area (Å²) in [6, 6.07) is 4.21. The minimum atomic E-state index is 0.926. The van der Waals surface area contributed by atoms with E-state index in [1.807, 2.05) is 0 Å². The monoisotopic (exact) mass is 256 g/mol. The van der Waals surface area contributed by atoms with Gasteiger partial charge >= 0.3 is 0 Å². The SMILES string of the molecule is COc1cc(C)c(-c2c(C)c[n+](C)cc2C)c(C)c1. The minimum absolute atomic E-state index is 0.926. The molecule has 2 nitrogen and oxygen atoms in total. The maximum Gasteiger partial charge on any atom is 0.172 e. The summed E-state index contributed by atoms with van der Waals surface area (Å²) in [5.41, 5.74) is 7.80. The number of hydrogen-bond donors (Lipinski definition) is 0. The number of benzene rings is 1. The van der Waals surface area contributed by atoms with Gasteiger partial charge in [-0.3, -0.25) is 0 Å². The molecule has 0 amide bonds. The van der Waals surface area contributed by atoms with Gasteiger partial charge in [-0.25, -0.2) is 4.57 Å². The Kier molecular flexibility index (Phi) is 3.61. The van der Waals surface area contributed by atoms with E-state index in [1.165, 1.54) is 33.4 Å². The second-order valence-electron chi connectivity index (χ2n) is 5.30. The van der Waals surface area contributed by atoms with E-state index in [4.69, 9.17) is 4.74 Å². The highest BCUT2D eigenvalue weighted by Gasteiger charge is 2.15. The fraction of sp³-hybridized carbons (Fsp3) is 0.353. The average Bonchev–Trinajstić information content (AvgIpc) is 2.31. The van der Waals surface area contributed by atoms with Gasteiger partial charge in [0.05, 0.1) is 7.11 Å². The zero-order chi connectivity index (χ0) is 14.2. The van der Waals surface area contributed by atoms with Crippen LogP contribution in [0.25, 0.3) is 11.1 Å². The molecule has 19 heavy (non-hydrogen) atoms. The normalized spacial score (nSPS) is 10.6. The third-order valence-electron chi connectivity index (χ3n) is 3.58. The van der Waals surface area contributed by atoms with Gasteiger partial charge < -0.3 is 4.74 Å². The summed E-state index contributed by atoms with van der Waals surface area (Å²) < 4.78 is 7.46. The molecule has 2 rings (SSSR count). The van der Waals surface area contributed by atoms with Crippen LogP contribution in [-0.2, 0) is 7.05 Å². The van der Waals surface area contributed by atoms with Gasteiger partial charge in [-0.1, -0.05) is 0 Å². The van der Waals surface area contributed by atoms with Crippen molar-refractivity contribution in [1.82, 2.24) is 0 Å². The van der Waals surface area contributed by atoms with Crippen LogP contribution < -0.4 is 9.30 Å². The molecule has 0 radical (unpaired) electrons. The Labute approximate surface area is 115 Å². The first-order valence-corrected chi connectivity index (χ1v) is 6.56. The van der Waals surface area contributed by atoms with Crippen LogP contribution in [-0.4, -0.2) is 7.11 Å². The first-order valence-electron chi connectivity index (χ1n) is 6.56. The van der Waals surface area contributed by atoms with Crippen molar-refractivity contribution in [2.24, 2.45) is 7.05 Å². The maximum absolute atomic E-state index is 5.34. The zero-order valence-electron chi connectivity index (χ0n) is 12.7. The van der Waals surface area contributed by atoms with E-state index in [9.17, 15) is 0 Å². The molecule has 0 aliphatic carbocycles. The van der Waals surface area contributed by atoms with Crippen molar-refractivity contribution in [3.8, 4) is 16.9 Å². The van der Waals surface area contributed by atoms with Gasteiger partial charge in [0.25, 0.3) is 0 Å². The summed E-state index contributed by atoms with van der Waals surface area (Å²) in [4.78, 5) is 0. The van der Waals surface area contributed by atoms with E-state index in [0.717, 1.165) is 5.75 Å². The Balaban J connectivity index is 2.73. The van der Waals surface area contributed by atoms with Crippen molar-refractivity contribution >= 4 is 0 Å².